The van der Waals surface area contributed by atoms with E-state index in [-0.39, 0.29) is 47.3 Å². The van der Waals surface area contributed by atoms with E-state index in [4.69, 9.17) is 24.7 Å². The number of nitrogens with two attached hydrogens (primary N) is 1. The van der Waals surface area contributed by atoms with Crippen LogP contribution in [-0.2, 0) is 21.4 Å². The zero-order chi connectivity index (χ0) is 53.5. The van der Waals surface area contributed by atoms with E-state index >= 15 is 4.39 Å². The largest absolute Gasteiger partial charge is 0.505 e. The number of hydrogen-bond acceptors (Lipinski definition) is 20. The second-order valence-electron chi connectivity index (χ2n) is 21.2. The SMILES string of the molecule is Cc1ncsc1-c1ccc([C@H](C)NC(=O)[C@@H]2C[C@@H](O)CN2C(=O)[C@H](C(C)C)n2cc(OCCCN3CCN(CC4(COc5nccc(-c6noc([C@@]7(C)CCCc8sc(N)c(C#N)c87)n6)n5)CC4)CC3)nn2)c(O)c1F. The van der Waals surface area contributed by atoms with Crippen molar-refractivity contribution in [2.24, 2.45) is 11.3 Å². The third-order valence-electron chi connectivity index (χ3n) is 15.4. The van der Waals surface area contributed by atoms with Crippen LogP contribution in [0.2, 0.25) is 0 Å². The van der Waals surface area contributed by atoms with Crippen LogP contribution in [0.3, 0.4) is 0 Å². The van der Waals surface area contributed by atoms with Gasteiger partial charge in [-0.05, 0) is 77.3 Å². The molecule has 76 heavy (non-hydrogen) atoms. The fourth-order valence-corrected chi connectivity index (χ4v) is 13.0. The summed E-state index contributed by atoms with van der Waals surface area (Å²) in [4.78, 5) is 54.0. The van der Waals surface area contributed by atoms with Gasteiger partial charge in [0.25, 0.3) is 5.88 Å². The van der Waals surface area contributed by atoms with E-state index in [1.807, 2.05) is 20.8 Å². The van der Waals surface area contributed by atoms with Crippen LogP contribution in [0.5, 0.6) is 17.6 Å². The number of thiazole rings is 1. The van der Waals surface area contributed by atoms with Gasteiger partial charge in [-0.3, -0.25) is 9.59 Å². The maximum atomic E-state index is 15.4. The number of likely N-dealkylation sites (tertiary alicyclic amines) is 1. The van der Waals surface area contributed by atoms with E-state index < -0.39 is 53.0 Å². The summed E-state index contributed by atoms with van der Waals surface area (Å²) >= 11 is 2.73. The van der Waals surface area contributed by atoms with E-state index in [9.17, 15) is 25.1 Å². The number of carbonyl (C=O) groups excluding carboxylic acids is 2. The van der Waals surface area contributed by atoms with Crippen LogP contribution in [0.15, 0.2) is 40.6 Å². The number of aryl methyl sites for hydroxylation is 2. The summed E-state index contributed by atoms with van der Waals surface area (Å²) in [6.45, 7) is 15.5. The van der Waals surface area contributed by atoms with Crippen molar-refractivity contribution in [2.45, 2.75) is 109 Å². The average Bonchev–Trinajstić information content (AvgIpc) is 4.06. The molecule has 1 saturated carbocycles. The highest BCUT2D eigenvalue weighted by molar-refractivity contribution is 7.16. The van der Waals surface area contributed by atoms with E-state index in [1.165, 1.54) is 32.3 Å². The van der Waals surface area contributed by atoms with Crippen molar-refractivity contribution < 1.29 is 38.2 Å². The first-order valence-electron chi connectivity index (χ1n) is 25.9. The Kier molecular flexibility index (Phi) is 15.1. The molecule has 0 spiro atoms. The van der Waals surface area contributed by atoms with Crippen molar-refractivity contribution >= 4 is 39.5 Å². The van der Waals surface area contributed by atoms with E-state index in [0.717, 1.165) is 88.2 Å². The van der Waals surface area contributed by atoms with Gasteiger partial charge >= 0.3 is 6.01 Å². The summed E-state index contributed by atoms with van der Waals surface area (Å²) < 4.78 is 34.9. The number of carbonyl (C=O) groups is 2. The monoisotopic (exact) mass is 1080 g/mol. The molecule has 0 bridgehead atoms. The smallest absolute Gasteiger partial charge is 0.317 e. The molecule has 0 unspecified atom stereocenters. The topological polar surface area (TPSA) is 273 Å². The second kappa shape index (κ2) is 21.8. The first-order chi connectivity index (χ1) is 36.5. The number of anilines is 1. The normalized spacial score (nSPS) is 21.3. The van der Waals surface area contributed by atoms with Crippen molar-refractivity contribution in [3.63, 3.8) is 0 Å². The number of hydrogen-bond donors (Lipinski definition) is 4. The molecule has 5 atom stereocenters. The van der Waals surface area contributed by atoms with Crippen LogP contribution in [0.1, 0.15) is 111 Å². The number of benzene rings is 1. The van der Waals surface area contributed by atoms with Gasteiger partial charge in [0, 0.05) is 85.4 Å². The molecule has 6 aromatic rings. The van der Waals surface area contributed by atoms with Gasteiger partial charge in [-0.25, -0.2) is 19.0 Å². The second-order valence-corrected chi connectivity index (χ2v) is 23.2. The van der Waals surface area contributed by atoms with Gasteiger partial charge in [0.05, 0.1) is 58.6 Å². The number of amides is 2. The lowest BCUT2D eigenvalue weighted by Gasteiger charge is -2.36. The highest BCUT2D eigenvalue weighted by atomic mass is 32.1. The van der Waals surface area contributed by atoms with Crippen LogP contribution >= 0.6 is 22.7 Å². The number of ether oxygens (including phenoxy) is 2. The third kappa shape index (κ3) is 10.7. The molecule has 0 radical (unpaired) electrons. The van der Waals surface area contributed by atoms with Crippen molar-refractivity contribution in [3.05, 3.63) is 75.1 Å². The van der Waals surface area contributed by atoms with Gasteiger partial charge in [-0.15, -0.1) is 22.7 Å². The number of nitrogens with one attached hydrogen (secondary N) is 1. The van der Waals surface area contributed by atoms with Gasteiger partial charge in [0.1, 0.15) is 28.8 Å². The van der Waals surface area contributed by atoms with Crippen LogP contribution in [0.4, 0.5) is 9.39 Å². The molecule has 10 rings (SSSR count). The molecule has 21 nitrogen and oxygen atoms in total. The average molecular weight is 1080 g/mol. The summed E-state index contributed by atoms with van der Waals surface area (Å²) in [5.41, 5.74) is 10.1. The number of phenolic OH excluding ortho intramolecular Hbond substituents is 1. The number of fused-ring (bicyclic) bond motifs is 1. The number of piperazine rings is 1. The zero-order valence-corrected chi connectivity index (χ0v) is 44.9. The maximum Gasteiger partial charge on any atom is 0.317 e. The number of thiophene rings is 1. The molecular weight excluding hydrogens is 1020 g/mol. The Bertz CT molecular complexity index is 3120. The highest BCUT2D eigenvalue weighted by Gasteiger charge is 2.47. The molecule has 2 aliphatic heterocycles. The van der Waals surface area contributed by atoms with Crippen LogP contribution in [0, 0.1) is 35.4 Å². The molecule has 402 valence electrons. The van der Waals surface area contributed by atoms with E-state index in [2.05, 4.69) is 51.6 Å². The van der Waals surface area contributed by atoms with Gasteiger partial charge < -0.3 is 50.0 Å². The summed E-state index contributed by atoms with van der Waals surface area (Å²) in [5, 5.41) is 47.5. The fourth-order valence-electron chi connectivity index (χ4n) is 10.9. The number of halogens is 1. The predicted octanol–water partition coefficient (Wildman–Crippen LogP) is 5.83. The molecule has 4 aliphatic rings. The van der Waals surface area contributed by atoms with Crippen molar-refractivity contribution in [3.8, 4) is 45.7 Å². The highest BCUT2D eigenvalue weighted by Crippen LogP contribution is 2.49. The number of aliphatic hydroxyl groups is 1. The number of nitrogen functional groups attached to an aromatic ring is 1. The van der Waals surface area contributed by atoms with E-state index in [0.29, 0.717) is 51.8 Å². The van der Waals surface area contributed by atoms with Crippen molar-refractivity contribution in [1.29, 1.82) is 5.26 Å². The number of rotatable bonds is 19. The van der Waals surface area contributed by atoms with Gasteiger partial charge in [0.15, 0.2) is 11.6 Å². The minimum Gasteiger partial charge on any atom is -0.505 e. The number of phenols is 1. The first-order valence-corrected chi connectivity index (χ1v) is 27.6. The number of aromatic hydroxyl groups is 1. The molecule has 7 heterocycles. The zero-order valence-electron chi connectivity index (χ0n) is 43.2. The van der Waals surface area contributed by atoms with Gasteiger partial charge in [0.2, 0.25) is 23.5 Å². The first kappa shape index (κ1) is 52.8. The minimum absolute atomic E-state index is 0.0104. The van der Waals surface area contributed by atoms with E-state index in [1.54, 1.807) is 50.0 Å². The van der Waals surface area contributed by atoms with Gasteiger partial charge in [-0.1, -0.05) is 35.4 Å². The summed E-state index contributed by atoms with van der Waals surface area (Å²) in [7, 11) is 0. The van der Waals surface area contributed by atoms with Gasteiger partial charge in [-0.2, -0.15) is 15.2 Å². The quantitative estimate of drug-likeness (QED) is 0.0694. The molecule has 24 heteroatoms. The number of β-amino-alcohol motifs (C(OH)–C–C–N with tert-alkyl or cyclic N) is 1. The number of nitriles is 1. The molecule has 5 aromatic heterocycles. The molecule has 2 amide bonds. The predicted molar refractivity (Wildman–Crippen MR) is 279 cm³/mol. The lowest BCUT2D eigenvalue weighted by Crippen LogP contribution is -2.49. The lowest BCUT2D eigenvalue weighted by molar-refractivity contribution is -0.142. The van der Waals surface area contributed by atoms with Crippen molar-refractivity contribution in [1.82, 2.24) is 60.1 Å². The number of aliphatic hydroxyl groups excluding tert-OH is 1. The summed E-state index contributed by atoms with van der Waals surface area (Å²) in [6, 6.07) is 4.73. The Morgan fingerprint density at radius 1 is 1.09 bits per heavy atom. The van der Waals surface area contributed by atoms with Crippen LogP contribution in [-0.4, -0.2) is 148 Å². The third-order valence-corrected chi connectivity index (χ3v) is 17.4. The standard InChI is InChI=1S/C52H63FN14O7S2/c1-29(2)42(48(71)66-24-32(68)22-37(66)47(70)58-30(3)33-9-10-34(41(53)43(33)69)44-31(4)57-28-75-44)67-25-39(61-63-67)72-21-7-16-64-17-19-65(20-18-64)26-52(13-14-52)27-73-50-56-15-11-36(59-50)46-60-49(74-62-46)51(5)12-6-8-38-40(51)35(23-54)45(55)76-38/h9-11,15,25,28-30,32,37,42,68-69H,6-8,12-14,16-22,24,26-27,55H2,1-5H3,(H,58,70)/t30-,32+,37-,42-,51-/m0/s1. The molecular formula is C52H63FN14O7S2. The molecule has 2 aliphatic carbocycles. The summed E-state index contributed by atoms with van der Waals surface area (Å²) in [6.07, 6.45) is 7.73. The molecule has 2 saturated heterocycles. The molecule has 1 aromatic carbocycles. The Labute approximate surface area is 447 Å². The molecule has 5 N–H and O–H groups in total. The fraction of sp³-hybridized carbons (Fsp3) is 0.538. The molecule has 3 fully saturated rings. The Morgan fingerprint density at radius 3 is 2.62 bits per heavy atom. The Balaban J connectivity index is 0.664. The van der Waals surface area contributed by atoms with Crippen LogP contribution < -0.4 is 20.5 Å². The Hall–Kier alpha value is -6.65. The van der Waals surface area contributed by atoms with Crippen LogP contribution in [0.25, 0.3) is 22.0 Å². The Morgan fingerprint density at radius 2 is 1.88 bits per heavy atom. The lowest BCUT2D eigenvalue weighted by atomic mass is 9.72. The van der Waals surface area contributed by atoms with Crippen molar-refractivity contribution in [2.75, 3.05) is 64.8 Å². The summed E-state index contributed by atoms with van der Waals surface area (Å²) in [5.74, 6) is -1.56. The maximum absolute atomic E-state index is 15.4. The number of aromatic nitrogens is 8. The minimum atomic E-state index is -1.01. The number of nitrogens with zero attached hydrogens (tertiary/aromatic N) is 12.